The molecule has 0 bridgehead atoms. The normalized spacial score (nSPS) is 11.4. The molecule has 0 fully saturated rings. The van der Waals surface area contributed by atoms with E-state index in [1.807, 2.05) is 24.3 Å². The van der Waals surface area contributed by atoms with E-state index in [1.54, 1.807) is 6.07 Å². The number of nitrogens with two attached hydrogens (primary N) is 1. The van der Waals surface area contributed by atoms with Crippen molar-refractivity contribution in [1.82, 2.24) is 0 Å². The Labute approximate surface area is 114 Å². The minimum absolute atomic E-state index is 0.503. The zero-order valence-corrected chi connectivity index (χ0v) is 10.6. The Morgan fingerprint density at radius 1 is 0.800 bits per heavy atom. The van der Waals surface area contributed by atoms with Gasteiger partial charge in [-0.2, -0.15) is 0 Å². The van der Waals surface area contributed by atoms with E-state index >= 15 is 0 Å². The molecule has 0 heterocycles. The molecule has 0 spiro atoms. The molecule has 0 atom stereocenters. The molecule has 4 rings (SSSR count). The van der Waals surface area contributed by atoms with Crippen LogP contribution in [-0.2, 0) is 0 Å². The monoisotopic (exact) mass is 261 g/mol. The Bertz CT molecular complexity index is 943. The van der Waals surface area contributed by atoms with E-state index < -0.39 is 6.09 Å². The highest BCUT2D eigenvalue weighted by molar-refractivity contribution is 6.24. The molecule has 0 unspecified atom stereocenters. The standard InChI is InChI=1S/C17H11NO2/c18-17(19)20-14-9-7-12-5-4-10-2-1-3-11-6-8-13(14)16(12)15(10)11/h1-9H,(H2,18,19). The summed E-state index contributed by atoms with van der Waals surface area (Å²) in [5.41, 5.74) is 5.13. The molecule has 0 aliphatic carbocycles. The van der Waals surface area contributed by atoms with Crippen LogP contribution in [0, 0.1) is 0 Å². The number of carbonyl (C=O) groups excluding carboxylic acids is 1. The van der Waals surface area contributed by atoms with Gasteiger partial charge in [0, 0.05) is 10.8 Å². The van der Waals surface area contributed by atoms with Crippen LogP contribution in [0.2, 0.25) is 0 Å². The van der Waals surface area contributed by atoms with Crippen molar-refractivity contribution in [3.05, 3.63) is 54.6 Å². The maximum Gasteiger partial charge on any atom is 0.409 e. The summed E-state index contributed by atoms with van der Waals surface area (Å²) in [6.45, 7) is 0. The summed E-state index contributed by atoms with van der Waals surface area (Å²) in [5, 5.41) is 6.69. The highest BCUT2D eigenvalue weighted by Crippen LogP contribution is 2.38. The number of hydrogen-bond acceptors (Lipinski definition) is 2. The van der Waals surface area contributed by atoms with E-state index in [2.05, 4.69) is 24.3 Å². The number of benzene rings is 4. The molecule has 4 aromatic rings. The summed E-state index contributed by atoms with van der Waals surface area (Å²) in [4.78, 5) is 11.0. The van der Waals surface area contributed by atoms with Crippen LogP contribution in [0.15, 0.2) is 54.6 Å². The molecule has 0 saturated carbocycles. The Hall–Kier alpha value is -2.81. The Balaban J connectivity index is 2.23. The van der Waals surface area contributed by atoms with Crippen LogP contribution in [0.4, 0.5) is 4.79 Å². The molecule has 96 valence electrons. The third-order valence-corrected chi connectivity index (χ3v) is 3.70. The molecule has 1 amide bonds. The third kappa shape index (κ3) is 1.43. The first kappa shape index (κ1) is 11.1. The number of rotatable bonds is 1. The van der Waals surface area contributed by atoms with Crippen molar-refractivity contribution in [2.24, 2.45) is 5.73 Å². The van der Waals surface area contributed by atoms with Crippen LogP contribution in [0.3, 0.4) is 0 Å². The maximum absolute atomic E-state index is 11.0. The van der Waals surface area contributed by atoms with E-state index in [4.69, 9.17) is 10.5 Å². The summed E-state index contributed by atoms with van der Waals surface area (Å²) in [6, 6.07) is 18.2. The average Bonchev–Trinajstić information content (AvgIpc) is 2.46. The van der Waals surface area contributed by atoms with Gasteiger partial charge >= 0.3 is 6.09 Å². The van der Waals surface area contributed by atoms with E-state index in [0.29, 0.717) is 5.75 Å². The molecule has 3 nitrogen and oxygen atoms in total. The zero-order chi connectivity index (χ0) is 13.7. The largest absolute Gasteiger partial charge is 0.410 e. The minimum atomic E-state index is -0.792. The summed E-state index contributed by atoms with van der Waals surface area (Å²) in [6.07, 6.45) is -0.792. The molecule has 0 saturated heterocycles. The number of carbonyl (C=O) groups is 1. The fourth-order valence-corrected chi connectivity index (χ4v) is 2.91. The molecular formula is C17H11NO2. The minimum Gasteiger partial charge on any atom is -0.410 e. The highest BCUT2D eigenvalue weighted by Gasteiger charge is 2.12. The molecule has 3 heteroatoms. The summed E-state index contributed by atoms with van der Waals surface area (Å²) < 4.78 is 5.11. The first-order valence-electron chi connectivity index (χ1n) is 6.38. The van der Waals surface area contributed by atoms with Crippen molar-refractivity contribution in [2.75, 3.05) is 0 Å². The lowest BCUT2D eigenvalue weighted by molar-refractivity contribution is 0.211. The van der Waals surface area contributed by atoms with Gasteiger partial charge in [0.15, 0.2) is 0 Å². The predicted molar refractivity (Wildman–Crippen MR) is 80.4 cm³/mol. The quantitative estimate of drug-likeness (QED) is 0.526. The maximum atomic E-state index is 11.0. The van der Waals surface area contributed by atoms with Gasteiger partial charge < -0.3 is 10.5 Å². The fourth-order valence-electron chi connectivity index (χ4n) is 2.91. The lowest BCUT2D eigenvalue weighted by Crippen LogP contribution is -2.16. The Morgan fingerprint density at radius 2 is 1.40 bits per heavy atom. The van der Waals surface area contributed by atoms with E-state index in [1.165, 1.54) is 16.2 Å². The summed E-state index contributed by atoms with van der Waals surface area (Å²) in [5.74, 6) is 0.503. The summed E-state index contributed by atoms with van der Waals surface area (Å²) >= 11 is 0. The summed E-state index contributed by atoms with van der Waals surface area (Å²) in [7, 11) is 0. The van der Waals surface area contributed by atoms with Crippen molar-refractivity contribution in [3.63, 3.8) is 0 Å². The van der Waals surface area contributed by atoms with Gasteiger partial charge in [-0.25, -0.2) is 4.79 Å². The van der Waals surface area contributed by atoms with Crippen LogP contribution in [0.25, 0.3) is 32.3 Å². The second-order valence-corrected chi connectivity index (χ2v) is 4.84. The van der Waals surface area contributed by atoms with Gasteiger partial charge in [0.1, 0.15) is 5.75 Å². The molecule has 4 aromatic carbocycles. The molecule has 0 aliphatic rings. The number of amides is 1. The third-order valence-electron chi connectivity index (χ3n) is 3.70. The Kier molecular flexibility index (Phi) is 2.12. The van der Waals surface area contributed by atoms with Gasteiger partial charge in [-0.15, -0.1) is 0 Å². The molecule has 0 aromatic heterocycles. The lowest BCUT2D eigenvalue weighted by Gasteiger charge is -2.12. The van der Waals surface area contributed by atoms with Crippen molar-refractivity contribution < 1.29 is 9.53 Å². The van der Waals surface area contributed by atoms with Crippen LogP contribution in [0.5, 0.6) is 5.75 Å². The first-order valence-corrected chi connectivity index (χ1v) is 6.38. The van der Waals surface area contributed by atoms with Crippen LogP contribution >= 0.6 is 0 Å². The fraction of sp³-hybridized carbons (Fsp3) is 0. The topological polar surface area (TPSA) is 52.3 Å². The lowest BCUT2D eigenvalue weighted by atomic mass is 9.94. The van der Waals surface area contributed by atoms with Gasteiger partial charge in [0.05, 0.1) is 0 Å². The van der Waals surface area contributed by atoms with Gasteiger partial charge in [-0.1, -0.05) is 42.5 Å². The number of hydrogen-bond donors (Lipinski definition) is 1. The van der Waals surface area contributed by atoms with Crippen molar-refractivity contribution in [2.45, 2.75) is 0 Å². The highest BCUT2D eigenvalue weighted by atomic mass is 16.5. The zero-order valence-electron chi connectivity index (χ0n) is 10.6. The van der Waals surface area contributed by atoms with Gasteiger partial charge in [-0.3, -0.25) is 0 Å². The van der Waals surface area contributed by atoms with Crippen LogP contribution in [0.1, 0.15) is 0 Å². The SMILES string of the molecule is NC(=O)Oc1ccc2ccc3cccc4ccc1c2c34. The molecule has 2 N–H and O–H groups in total. The average molecular weight is 261 g/mol. The number of primary amides is 1. The second kappa shape index (κ2) is 3.84. The first-order chi connectivity index (χ1) is 9.74. The van der Waals surface area contributed by atoms with Gasteiger partial charge in [0.25, 0.3) is 0 Å². The number of ether oxygens (including phenoxy) is 1. The van der Waals surface area contributed by atoms with Gasteiger partial charge in [0.2, 0.25) is 0 Å². The smallest absolute Gasteiger partial charge is 0.409 e. The predicted octanol–water partition coefficient (Wildman–Crippen LogP) is 4.04. The van der Waals surface area contributed by atoms with E-state index in [9.17, 15) is 4.79 Å². The van der Waals surface area contributed by atoms with Crippen molar-refractivity contribution in [1.29, 1.82) is 0 Å². The van der Waals surface area contributed by atoms with Gasteiger partial charge in [-0.05, 0) is 33.7 Å². The van der Waals surface area contributed by atoms with E-state index in [0.717, 1.165) is 16.2 Å². The van der Waals surface area contributed by atoms with Crippen LogP contribution < -0.4 is 10.5 Å². The molecular weight excluding hydrogens is 250 g/mol. The van der Waals surface area contributed by atoms with Crippen molar-refractivity contribution >= 4 is 38.4 Å². The van der Waals surface area contributed by atoms with E-state index in [-0.39, 0.29) is 0 Å². The van der Waals surface area contributed by atoms with Crippen molar-refractivity contribution in [3.8, 4) is 5.75 Å². The second-order valence-electron chi connectivity index (χ2n) is 4.84. The van der Waals surface area contributed by atoms with Crippen LogP contribution in [-0.4, -0.2) is 6.09 Å². The molecule has 0 radical (unpaired) electrons. The molecule has 0 aliphatic heterocycles. The Morgan fingerprint density at radius 3 is 2.10 bits per heavy atom. The molecule has 20 heavy (non-hydrogen) atoms.